The van der Waals surface area contributed by atoms with Gasteiger partial charge in [-0.25, -0.2) is 0 Å². The van der Waals surface area contributed by atoms with E-state index in [-0.39, 0.29) is 5.97 Å². The summed E-state index contributed by atoms with van der Waals surface area (Å²) in [6, 6.07) is 9.99. The second kappa shape index (κ2) is 5.30. The molecule has 0 bridgehead atoms. The summed E-state index contributed by atoms with van der Waals surface area (Å²) < 4.78 is 5.53. The van der Waals surface area contributed by atoms with Gasteiger partial charge in [-0.05, 0) is 42.2 Å². The number of aryl methyl sites for hydroxylation is 2. The van der Waals surface area contributed by atoms with Crippen LogP contribution in [0, 0.1) is 13.8 Å². The molecule has 22 heavy (non-hydrogen) atoms. The first-order valence-electron chi connectivity index (χ1n) is 7.26. The zero-order chi connectivity index (χ0) is 15.9. The Morgan fingerprint density at radius 3 is 2.50 bits per heavy atom. The first kappa shape index (κ1) is 14.3. The molecule has 0 spiro atoms. The van der Waals surface area contributed by atoms with Crippen LogP contribution in [0.1, 0.15) is 39.3 Å². The number of rotatable bonds is 3. The molecule has 0 aromatic heterocycles. The number of esters is 1. The molecule has 2 aromatic rings. The number of hydrogen-bond donors (Lipinski definition) is 0. The summed E-state index contributed by atoms with van der Waals surface area (Å²) in [5, 5.41) is 0. The van der Waals surface area contributed by atoms with E-state index in [2.05, 4.69) is 13.2 Å². The number of benzene rings is 2. The maximum Gasteiger partial charge on any atom is 0.323 e. The summed E-state index contributed by atoms with van der Waals surface area (Å²) >= 11 is 0. The third kappa shape index (κ3) is 2.17. The fourth-order valence-electron chi connectivity index (χ4n) is 3.08. The van der Waals surface area contributed by atoms with Crippen molar-refractivity contribution >= 4 is 18.1 Å². The van der Waals surface area contributed by atoms with Gasteiger partial charge in [-0.2, -0.15) is 0 Å². The molecule has 110 valence electrons. The summed E-state index contributed by atoms with van der Waals surface area (Å²) in [5.74, 6) is 0.0640. The number of carbonyl (C=O) groups is 1. The lowest BCUT2D eigenvalue weighted by Crippen LogP contribution is -2.13. The second-order valence-corrected chi connectivity index (χ2v) is 5.65. The molecule has 2 aromatic carbocycles. The van der Waals surface area contributed by atoms with E-state index in [4.69, 9.17) is 4.74 Å². The van der Waals surface area contributed by atoms with Gasteiger partial charge in [0.1, 0.15) is 11.7 Å². The first-order chi connectivity index (χ1) is 10.5. The molecule has 0 aliphatic carbocycles. The number of hydrogen-bond acceptors (Lipinski definition) is 2. The Labute approximate surface area is 130 Å². The minimum Gasteiger partial charge on any atom is -0.425 e. The van der Waals surface area contributed by atoms with Gasteiger partial charge >= 0.3 is 5.97 Å². The third-order valence-corrected chi connectivity index (χ3v) is 4.07. The van der Waals surface area contributed by atoms with Crippen molar-refractivity contribution in [2.24, 2.45) is 0 Å². The van der Waals surface area contributed by atoms with Crippen LogP contribution in [-0.2, 0) is 4.79 Å². The van der Waals surface area contributed by atoms with E-state index < -0.39 is 5.92 Å². The topological polar surface area (TPSA) is 26.3 Å². The van der Waals surface area contributed by atoms with Gasteiger partial charge in [-0.1, -0.05) is 55.1 Å². The van der Waals surface area contributed by atoms with Crippen LogP contribution in [0.3, 0.4) is 0 Å². The average Bonchev–Trinajstić information content (AvgIpc) is 2.83. The molecule has 0 saturated heterocycles. The van der Waals surface area contributed by atoms with Crippen molar-refractivity contribution in [2.75, 3.05) is 0 Å². The van der Waals surface area contributed by atoms with E-state index in [0.717, 1.165) is 33.4 Å². The Hall–Kier alpha value is -2.61. The lowest BCUT2D eigenvalue weighted by molar-refractivity contribution is -0.133. The molecule has 1 heterocycles. The van der Waals surface area contributed by atoms with Gasteiger partial charge in [0, 0.05) is 5.56 Å². The fraction of sp³-hybridized carbons (Fsp3) is 0.150. The quantitative estimate of drug-likeness (QED) is 0.608. The molecule has 0 fully saturated rings. The fourth-order valence-corrected chi connectivity index (χ4v) is 3.08. The van der Waals surface area contributed by atoms with E-state index in [1.165, 1.54) is 0 Å². The van der Waals surface area contributed by atoms with Gasteiger partial charge in [0.15, 0.2) is 0 Å². The van der Waals surface area contributed by atoms with E-state index in [1.54, 1.807) is 12.2 Å². The maximum atomic E-state index is 12.5. The lowest BCUT2D eigenvalue weighted by Gasteiger charge is -2.13. The molecule has 1 aliphatic rings. The first-order valence-corrected chi connectivity index (χ1v) is 7.26. The van der Waals surface area contributed by atoms with E-state index >= 15 is 0 Å². The second-order valence-electron chi connectivity index (χ2n) is 5.65. The minimum atomic E-state index is -0.401. The van der Waals surface area contributed by atoms with E-state index in [1.807, 2.05) is 44.2 Å². The van der Waals surface area contributed by atoms with Gasteiger partial charge in [-0.15, -0.1) is 0 Å². The summed E-state index contributed by atoms with van der Waals surface area (Å²) in [5.41, 5.74) is 5.89. The third-order valence-electron chi connectivity index (χ3n) is 4.07. The van der Waals surface area contributed by atoms with Gasteiger partial charge < -0.3 is 4.74 Å². The smallest absolute Gasteiger partial charge is 0.323 e. The van der Waals surface area contributed by atoms with Crippen LogP contribution in [0.25, 0.3) is 12.2 Å². The maximum absolute atomic E-state index is 12.5. The highest BCUT2D eigenvalue weighted by Gasteiger charge is 2.36. The predicted molar refractivity (Wildman–Crippen MR) is 90.0 cm³/mol. The van der Waals surface area contributed by atoms with Crippen molar-refractivity contribution in [3.63, 3.8) is 0 Å². The molecule has 0 saturated carbocycles. The van der Waals surface area contributed by atoms with Crippen LogP contribution in [0.2, 0.25) is 0 Å². The molecule has 2 heteroatoms. The van der Waals surface area contributed by atoms with Crippen LogP contribution in [0.4, 0.5) is 0 Å². The van der Waals surface area contributed by atoms with Crippen molar-refractivity contribution in [2.45, 2.75) is 19.8 Å². The molecule has 0 amide bonds. The summed E-state index contributed by atoms with van der Waals surface area (Å²) in [7, 11) is 0. The zero-order valence-corrected chi connectivity index (χ0v) is 12.8. The molecule has 1 atom stereocenters. The van der Waals surface area contributed by atoms with Crippen molar-refractivity contribution in [3.8, 4) is 5.75 Å². The Balaban J connectivity index is 2.24. The normalized spacial score (nSPS) is 16.1. The number of fused-ring (bicyclic) bond motifs is 1. The van der Waals surface area contributed by atoms with Crippen molar-refractivity contribution in [1.29, 1.82) is 0 Å². The van der Waals surface area contributed by atoms with Crippen molar-refractivity contribution in [1.82, 2.24) is 0 Å². The Morgan fingerprint density at radius 2 is 1.82 bits per heavy atom. The van der Waals surface area contributed by atoms with Gasteiger partial charge in [0.05, 0.1) is 0 Å². The molecule has 1 unspecified atom stereocenters. The van der Waals surface area contributed by atoms with Crippen LogP contribution < -0.4 is 4.74 Å². The highest BCUT2D eigenvalue weighted by atomic mass is 16.5. The average molecular weight is 290 g/mol. The Bertz CT molecular complexity index is 800. The van der Waals surface area contributed by atoms with Gasteiger partial charge in [0.2, 0.25) is 0 Å². The minimum absolute atomic E-state index is 0.229. The molecule has 3 rings (SSSR count). The number of carbonyl (C=O) groups excluding carboxylic acids is 1. The van der Waals surface area contributed by atoms with Crippen molar-refractivity contribution < 1.29 is 9.53 Å². The molecule has 0 radical (unpaired) electrons. The summed E-state index contributed by atoms with van der Waals surface area (Å²) in [6.45, 7) is 11.7. The highest BCUT2D eigenvalue weighted by Crippen LogP contribution is 2.43. The van der Waals surface area contributed by atoms with E-state index in [0.29, 0.717) is 5.75 Å². The van der Waals surface area contributed by atoms with Gasteiger partial charge in [-0.3, -0.25) is 4.79 Å². The SMILES string of the molecule is C=Cc1ccc(C=C)c(C2C(=O)Oc3c(C)cc(C)cc32)c1. The van der Waals surface area contributed by atoms with Crippen LogP contribution in [-0.4, -0.2) is 5.97 Å². The molecular weight excluding hydrogens is 272 g/mol. The molecule has 1 aliphatic heterocycles. The molecular formula is C20H18O2. The molecule has 2 nitrogen and oxygen atoms in total. The summed E-state index contributed by atoms with van der Waals surface area (Å²) in [4.78, 5) is 12.5. The standard InChI is InChI=1S/C20H18O2/c1-5-14-7-8-15(6-2)16(11-14)18-17-10-12(3)9-13(4)19(17)22-20(18)21/h5-11,18H,1-2H2,3-4H3. The highest BCUT2D eigenvalue weighted by molar-refractivity contribution is 5.91. The summed E-state index contributed by atoms with van der Waals surface area (Å²) in [6.07, 6.45) is 3.55. The monoisotopic (exact) mass is 290 g/mol. The lowest BCUT2D eigenvalue weighted by atomic mass is 9.86. The molecule has 0 N–H and O–H groups in total. The largest absolute Gasteiger partial charge is 0.425 e. The Kier molecular flexibility index (Phi) is 3.45. The van der Waals surface area contributed by atoms with Crippen LogP contribution >= 0.6 is 0 Å². The number of ether oxygens (including phenoxy) is 1. The van der Waals surface area contributed by atoms with Crippen LogP contribution in [0.15, 0.2) is 43.5 Å². The zero-order valence-electron chi connectivity index (χ0n) is 12.8. The van der Waals surface area contributed by atoms with E-state index in [9.17, 15) is 4.79 Å². The predicted octanol–water partition coefficient (Wildman–Crippen LogP) is 4.64. The van der Waals surface area contributed by atoms with Crippen molar-refractivity contribution in [3.05, 3.63) is 76.9 Å². The van der Waals surface area contributed by atoms with Gasteiger partial charge in [0.25, 0.3) is 0 Å². The Morgan fingerprint density at radius 1 is 1.05 bits per heavy atom. The van der Waals surface area contributed by atoms with Crippen LogP contribution in [0.5, 0.6) is 5.75 Å².